The largest absolute Gasteiger partial charge is 0.383 e. The van der Waals surface area contributed by atoms with E-state index < -0.39 is 5.82 Å². The molecule has 0 unspecified atom stereocenters. The predicted octanol–water partition coefficient (Wildman–Crippen LogP) is 2.86. The number of halogens is 2. The Kier molecular flexibility index (Phi) is 3.69. The molecule has 2 heterocycles. The van der Waals surface area contributed by atoms with Gasteiger partial charge in [-0.15, -0.1) is 0 Å². The lowest BCUT2D eigenvalue weighted by Gasteiger charge is -2.26. The number of aromatic nitrogens is 3. The van der Waals surface area contributed by atoms with Crippen molar-refractivity contribution in [2.45, 2.75) is 36.6 Å². The molecule has 0 atom stereocenters. The van der Waals surface area contributed by atoms with Gasteiger partial charge >= 0.3 is 0 Å². The maximum absolute atomic E-state index is 13.7. The van der Waals surface area contributed by atoms with Crippen LogP contribution in [0.3, 0.4) is 0 Å². The first-order valence-electron chi connectivity index (χ1n) is 6.61. The average Bonchev–Trinajstić information content (AvgIpc) is 2.46. The zero-order valence-electron chi connectivity index (χ0n) is 10.8. The number of nitrogens with one attached hydrogen (secondary N) is 1. The molecule has 0 bridgehead atoms. The minimum Gasteiger partial charge on any atom is -0.383 e. The van der Waals surface area contributed by atoms with Crippen molar-refractivity contribution in [3.05, 3.63) is 18.2 Å². The molecular formula is C13H15BrFN5. The number of anilines is 2. The molecule has 1 aliphatic carbocycles. The second kappa shape index (κ2) is 5.47. The summed E-state index contributed by atoms with van der Waals surface area (Å²) in [5, 5.41) is 3.71. The van der Waals surface area contributed by atoms with Gasteiger partial charge in [0.15, 0.2) is 5.82 Å². The molecule has 0 aliphatic heterocycles. The quantitative estimate of drug-likeness (QED) is 0.822. The van der Waals surface area contributed by atoms with Crippen molar-refractivity contribution in [1.82, 2.24) is 15.0 Å². The van der Waals surface area contributed by atoms with Gasteiger partial charge in [-0.2, -0.15) is 0 Å². The number of pyridine rings is 1. The van der Waals surface area contributed by atoms with Crippen molar-refractivity contribution in [3.8, 4) is 0 Å². The molecule has 0 amide bonds. The minimum atomic E-state index is -0.483. The summed E-state index contributed by atoms with van der Waals surface area (Å²) in [6, 6.07) is 0.337. The highest BCUT2D eigenvalue weighted by Crippen LogP contribution is 2.26. The Bertz CT molecular complexity index is 627. The van der Waals surface area contributed by atoms with E-state index in [-0.39, 0.29) is 11.3 Å². The molecule has 0 aromatic carbocycles. The van der Waals surface area contributed by atoms with Crippen LogP contribution in [0.4, 0.5) is 16.2 Å². The Hall–Kier alpha value is -1.50. The second-order valence-corrected chi connectivity index (χ2v) is 6.34. The van der Waals surface area contributed by atoms with Gasteiger partial charge in [-0.3, -0.25) is 0 Å². The molecule has 20 heavy (non-hydrogen) atoms. The fourth-order valence-electron chi connectivity index (χ4n) is 2.46. The molecule has 1 saturated carbocycles. The van der Waals surface area contributed by atoms with Gasteiger partial charge in [-0.1, -0.05) is 15.9 Å². The van der Waals surface area contributed by atoms with Crippen LogP contribution in [0.25, 0.3) is 10.9 Å². The molecule has 2 aromatic heterocycles. The topological polar surface area (TPSA) is 76.7 Å². The third-order valence-corrected chi connectivity index (χ3v) is 4.51. The smallest absolute Gasteiger partial charge is 0.223 e. The zero-order chi connectivity index (χ0) is 14.1. The number of nitrogens with zero attached hydrogens (tertiary/aromatic N) is 3. The lowest BCUT2D eigenvalue weighted by atomic mass is 9.95. The van der Waals surface area contributed by atoms with Gasteiger partial charge in [0.1, 0.15) is 11.3 Å². The summed E-state index contributed by atoms with van der Waals surface area (Å²) in [5.74, 6) is 0.205. The van der Waals surface area contributed by atoms with E-state index in [4.69, 9.17) is 5.73 Å². The van der Waals surface area contributed by atoms with Crippen molar-refractivity contribution in [2.75, 3.05) is 11.1 Å². The Morgan fingerprint density at radius 3 is 2.70 bits per heavy atom. The van der Waals surface area contributed by atoms with Gasteiger partial charge in [0.25, 0.3) is 0 Å². The lowest BCUT2D eigenvalue weighted by molar-refractivity contribution is 0.475. The molecule has 2 aromatic rings. The third-order valence-electron chi connectivity index (χ3n) is 3.60. The van der Waals surface area contributed by atoms with Crippen molar-refractivity contribution in [2.24, 2.45) is 0 Å². The SMILES string of the molecule is Nc1ncc(F)c2nc(N[C@H]3CC[C@H](Br)CC3)ncc12. The van der Waals surface area contributed by atoms with E-state index in [9.17, 15) is 4.39 Å². The van der Waals surface area contributed by atoms with Crippen LogP contribution in [0, 0.1) is 5.82 Å². The molecular weight excluding hydrogens is 325 g/mol. The van der Waals surface area contributed by atoms with Crippen LogP contribution in [0.5, 0.6) is 0 Å². The zero-order valence-corrected chi connectivity index (χ0v) is 12.4. The molecule has 1 aliphatic rings. The van der Waals surface area contributed by atoms with Gasteiger partial charge in [-0.05, 0) is 25.7 Å². The van der Waals surface area contributed by atoms with Crippen LogP contribution in [0.2, 0.25) is 0 Å². The normalized spacial score (nSPS) is 22.9. The molecule has 5 nitrogen and oxygen atoms in total. The van der Waals surface area contributed by atoms with Crippen LogP contribution in [-0.2, 0) is 0 Å². The third kappa shape index (κ3) is 2.67. The maximum atomic E-state index is 13.7. The van der Waals surface area contributed by atoms with Crippen LogP contribution >= 0.6 is 15.9 Å². The molecule has 7 heteroatoms. The summed E-state index contributed by atoms with van der Waals surface area (Å²) in [6.45, 7) is 0. The maximum Gasteiger partial charge on any atom is 0.223 e. The Labute approximate surface area is 124 Å². The highest BCUT2D eigenvalue weighted by atomic mass is 79.9. The van der Waals surface area contributed by atoms with Crippen LogP contribution < -0.4 is 11.1 Å². The van der Waals surface area contributed by atoms with Crippen molar-refractivity contribution >= 4 is 38.6 Å². The van der Waals surface area contributed by atoms with Gasteiger partial charge < -0.3 is 11.1 Å². The summed E-state index contributed by atoms with van der Waals surface area (Å²) < 4.78 is 13.7. The summed E-state index contributed by atoms with van der Waals surface area (Å²) in [7, 11) is 0. The number of nitrogens with two attached hydrogens (primary N) is 1. The minimum absolute atomic E-state index is 0.212. The standard InChI is InChI=1S/C13H15BrFN5/c14-7-1-3-8(4-2-7)19-13-18-5-9-11(20-13)10(15)6-17-12(9)16/h5-8H,1-4H2,(H2,16,17)(H,18,19,20)/t7-,8-. The van der Waals surface area contributed by atoms with Crippen LogP contribution in [0.15, 0.2) is 12.4 Å². The van der Waals surface area contributed by atoms with Crippen molar-refractivity contribution in [3.63, 3.8) is 0 Å². The lowest BCUT2D eigenvalue weighted by Crippen LogP contribution is -2.27. The van der Waals surface area contributed by atoms with Crippen molar-refractivity contribution in [1.29, 1.82) is 0 Å². The van der Waals surface area contributed by atoms with E-state index in [0.717, 1.165) is 31.9 Å². The summed E-state index contributed by atoms with van der Waals surface area (Å²) in [6.07, 6.45) is 6.96. The van der Waals surface area contributed by atoms with Crippen LogP contribution in [-0.4, -0.2) is 25.8 Å². The molecule has 3 N–H and O–H groups in total. The Morgan fingerprint density at radius 2 is 1.95 bits per heavy atom. The van der Waals surface area contributed by atoms with E-state index in [0.29, 0.717) is 22.2 Å². The van der Waals surface area contributed by atoms with Gasteiger partial charge in [-0.25, -0.2) is 19.3 Å². The van der Waals surface area contributed by atoms with Gasteiger partial charge in [0.2, 0.25) is 5.95 Å². The summed E-state index contributed by atoms with van der Waals surface area (Å²) in [4.78, 5) is 12.8. The number of hydrogen-bond acceptors (Lipinski definition) is 5. The van der Waals surface area contributed by atoms with Gasteiger partial charge in [0, 0.05) is 17.1 Å². The highest BCUT2D eigenvalue weighted by molar-refractivity contribution is 9.09. The summed E-state index contributed by atoms with van der Waals surface area (Å²) >= 11 is 3.62. The van der Waals surface area contributed by atoms with E-state index in [1.165, 1.54) is 6.20 Å². The van der Waals surface area contributed by atoms with Crippen molar-refractivity contribution < 1.29 is 4.39 Å². The molecule has 3 rings (SSSR count). The summed E-state index contributed by atoms with van der Waals surface area (Å²) in [5.41, 5.74) is 5.90. The number of nitrogen functional groups attached to an aromatic ring is 1. The van der Waals surface area contributed by atoms with Gasteiger partial charge in [0.05, 0.1) is 11.6 Å². The molecule has 106 valence electrons. The van der Waals surface area contributed by atoms with E-state index in [1.54, 1.807) is 0 Å². The average molecular weight is 340 g/mol. The monoisotopic (exact) mass is 339 g/mol. The first-order chi connectivity index (χ1) is 9.63. The fourth-order valence-corrected chi connectivity index (χ4v) is 2.99. The Morgan fingerprint density at radius 1 is 1.20 bits per heavy atom. The van der Waals surface area contributed by atoms with Crippen LogP contribution in [0.1, 0.15) is 25.7 Å². The van der Waals surface area contributed by atoms with E-state index in [2.05, 4.69) is 36.2 Å². The Balaban J connectivity index is 1.84. The first-order valence-corrected chi connectivity index (χ1v) is 7.52. The predicted molar refractivity (Wildman–Crippen MR) is 80.3 cm³/mol. The number of fused-ring (bicyclic) bond motifs is 1. The molecule has 1 fully saturated rings. The van der Waals surface area contributed by atoms with E-state index >= 15 is 0 Å². The molecule has 0 spiro atoms. The second-order valence-electron chi connectivity index (χ2n) is 5.04. The fraction of sp³-hybridized carbons (Fsp3) is 0.462. The van der Waals surface area contributed by atoms with E-state index in [1.807, 2.05) is 0 Å². The number of hydrogen-bond donors (Lipinski definition) is 2. The molecule has 0 radical (unpaired) electrons. The molecule has 0 saturated heterocycles. The number of alkyl halides is 1. The number of rotatable bonds is 2. The highest BCUT2D eigenvalue weighted by Gasteiger charge is 2.20. The first kappa shape index (κ1) is 13.5.